The maximum Gasteiger partial charge on any atom is 0.257 e. The van der Waals surface area contributed by atoms with Gasteiger partial charge in [0.2, 0.25) is 0 Å². The van der Waals surface area contributed by atoms with Crippen LogP contribution in [0.4, 0.5) is 8.78 Å². The highest BCUT2D eigenvalue weighted by atomic mass is 19.3. The van der Waals surface area contributed by atoms with Crippen molar-refractivity contribution in [3.8, 4) is 16.9 Å². The first kappa shape index (κ1) is 12.5. The van der Waals surface area contributed by atoms with Crippen LogP contribution in [0.1, 0.15) is 5.56 Å². The number of nitrogens with zero attached hydrogens (tertiary/aromatic N) is 2. The SMILES string of the molecule is COc1c(C)cccc1-c1cnn(CC(F)F)c1. The van der Waals surface area contributed by atoms with E-state index < -0.39 is 13.0 Å². The van der Waals surface area contributed by atoms with Crippen molar-refractivity contribution in [1.29, 1.82) is 0 Å². The fourth-order valence-electron chi connectivity index (χ4n) is 1.89. The Morgan fingerprint density at radius 1 is 1.39 bits per heavy atom. The molecule has 0 atom stereocenters. The van der Waals surface area contributed by atoms with Crippen molar-refractivity contribution >= 4 is 0 Å². The topological polar surface area (TPSA) is 27.1 Å². The van der Waals surface area contributed by atoms with Crippen LogP contribution < -0.4 is 4.74 Å². The Balaban J connectivity index is 2.37. The standard InChI is InChI=1S/C13H14F2N2O/c1-9-4-3-5-11(13(9)18-2)10-6-16-17(7-10)8-12(14)15/h3-7,12H,8H2,1-2H3. The lowest BCUT2D eigenvalue weighted by molar-refractivity contribution is 0.122. The third-order valence-electron chi connectivity index (χ3n) is 2.69. The monoisotopic (exact) mass is 252 g/mol. The summed E-state index contributed by atoms with van der Waals surface area (Å²) in [6.45, 7) is 1.54. The average molecular weight is 252 g/mol. The van der Waals surface area contributed by atoms with Crippen LogP contribution >= 0.6 is 0 Å². The van der Waals surface area contributed by atoms with Crippen LogP contribution in [-0.4, -0.2) is 23.3 Å². The van der Waals surface area contributed by atoms with E-state index in [4.69, 9.17) is 4.74 Å². The summed E-state index contributed by atoms with van der Waals surface area (Å²) < 4.78 is 31.1. The molecule has 2 rings (SSSR count). The number of rotatable bonds is 4. The lowest BCUT2D eigenvalue weighted by Crippen LogP contribution is -2.06. The number of aromatic nitrogens is 2. The van der Waals surface area contributed by atoms with Gasteiger partial charge in [0.05, 0.1) is 13.3 Å². The van der Waals surface area contributed by atoms with E-state index in [1.54, 1.807) is 19.5 Å². The second-order valence-corrected chi connectivity index (χ2v) is 4.00. The van der Waals surface area contributed by atoms with E-state index in [0.29, 0.717) is 0 Å². The predicted molar refractivity (Wildman–Crippen MR) is 65.0 cm³/mol. The third-order valence-corrected chi connectivity index (χ3v) is 2.69. The Kier molecular flexibility index (Phi) is 3.60. The zero-order chi connectivity index (χ0) is 13.1. The van der Waals surface area contributed by atoms with Gasteiger partial charge in [0.15, 0.2) is 0 Å². The first-order valence-corrected chi connectivity index (χ1v) is 5.56. The molecular weight excluding hydrogens is 238 g/mol. The molecule has 0 saturated carbocycles. The summed E-state index contributed by atoms with van der Waals surface area (Å²) in [5.74, 6) is 0.745. The number of benzene rings is 1. The summed E-state index contributed by atoms with van der Waals surface area (Å²) in [6.07, 6.45) is 0.764. The number of para-hydroxylation sites is 1. The average Bonchev–Trinajstić information content (AvgIpc) is 2.76. The third kappa shape index (κ3) is 2.50. The molecule has 0 saturated heterocycles. The summed E-state index contributed by atoms with van der Waals surface area (Å²) in [5.41, 5.74) is 2.63. The van der Waals surface area contributed by atoms with E-state index in [1.807, 2.05) is 25.1 Å². The van der Waals surface area contributed by atoms with Gasteiger partial charge in [-0.25, -0.2) is 8.78 Å². The van der Waals surface area contributed by atoms with Gasteiger partial charge in [0, 0.05) is 17.3 Å². The molecule has 5 heteroatoms. The molecule has 96 valence electrons. The minimum Gasteiger partial charge on any atom is -0.496 e. The highest BCUT2D eigenvalue weighted by molar-refractivity contribution is 5.71. The van der Waals surface area contributed by atoms with E-state index >= 15 is 0 Å². The Bertz CT molecular complexity index is 538. The van der Waals surface area contributed by atoms with Gasteiger partial charge in [-0.2, -0.15) is 5.10 Å². The number of alkyl halides is 2. The second-order valence-electron chi connectivity index (χ2n) is 4.00. The van der Waals surface area contributed by atoms with Crippen LogP contribution in [0.15, 0.2) is 30.6 Å². The number of methoxy groups -OCH3 is 1. The smallest absolute Gasteiger partial charge is 0.257 e. The summed E-state index contributed by atoms with van der Waals surface area (Å²) in [7, 11) is 1.59. The Labute approximate surface area is 104 Å². The maximum atomic E-state index is 12.3. The van der Waals surface area contributed by atoms with Crippen LogP contribution in [0.3, 0.4) is 0 Å². The molecule has 1 aromatic heterocycles. The predicted octanol–water partition coefficient (Wildman–Crippen LogP) is 3.13. The molecule has 3 nitrogen and oxygen atoms in total. The molecule has 0 spiro atoms. The van der Waals surface area contributed by atoms with Gasteiger partial charge < -0.3 is 4.74 Å². The van der Waals surface area contributed by atoms with Crippen LogP contribution in [-0.2, 0) is 6.54 Å². The van der Waals surface area contributed by atoms with Gasteiger partial charge in [-0.15, -0.1) is 0 Å². The van der Waals surface area contributed by atoms with Gasteiger partial charge >= 0.3 is 0 Å². The molecule has 1 aromatic carbocycles. The molecule has 0 radical (unpaired) electrons. The zero-order valence-corrected chi connectivity index (χ0v) is 10.2. The fourth-order valence-corrected chi connectivity index (χ4v) is 1.89. The molecule has 2 aromatic rings. The van der Waals surface area contributed by atoms with Crippen LogP contribution in [0, 0.1) is 6.92 Å². The number of hydrogen-bond donors (Lipinski definition) is 0. The molecule has 0 bridgehead atoms. The van der Waals surface area contributed by atoms with Crippen molar-refractivity contribution in [2.24, 2.45) is 0 Å². The molecule has 0 N–H and O–H groups in total. The van der Waals surface area contributed by atoms with Gasteiger partial charge in [-0.3, -0.25) is 4.68 Å². The Morgan fingerprint density at radius 2 is 2.17 bits per heavy atom. The van der Waals surface area contributed by atoms with Crippen molar-refractivity contribution in [3.05, 3.63) is 36.2 Å². The second kappa shape index (κ2) is 5.16. The molecule has 0 aliphatic rings. The largest absolute Gasteiger partial charge is 0.496 e. The molecule has 0 unspecified atom stereocenters. The molecule has 18 heavy (non-hydrogen) atoms. The number of ether oxygens (including phenoxy) is 1. The normalized spacial score (nSPS) is 10.9. The lowest BCUT2D eigenvalue weighted by atomic mass is 10.1. The molecule has 0 aliphatic heterocycles. The van der Waals surface area contributed by atoms with E-state index in [2.05, 4.69) is 5.10 Å². The molecule has 0 aliphatic carbocycles. The molecule has 1 heterocycles. The van der Waals surface area contributed by atoms with E-state index in [-0.39, 0.29) is 0 Å². The number of hydrogen-bond acceptors (Lipinski definition) is 2. The Hall–Kier alpha value is -1.91. The van der Waals surface area contributed by atoms with Crippen LogP contribution in [0.25, 0.3) is 11.1 Å². The molecule has 0 amide bonds. The van der Waals surface area contributed by atoms with Crippen molar-refractivity contribution in [2.45, 2.75) is 19.9 Å². The van der Waals surface area contributed by atoms with Crippen molar-refractivity contribution < 1.29 is 13.5 Å². The summed E-state index contributed by atoms with van der Waals surface area (Å²) >= 11 is 0. The summed E-state index contributed by atoms with van der Waals surface area (Å²) in [4.78, 5) is 0. The molecule has 0 fully saturated rings. The van der Waals surface area contributed by atoms with Crippen LogP contribution in [0.2, 0.25) is 0 Å². The lowest BCUT2D eigenvalue weighted by Gasteiger charge is -2.09. The van der Waals surface area contributed by atoms with Gasteiger partial charge in [-0.05, 0) is 12.5 Å². The maximum absolute atomic E-state index is 12.3. The first-order valence-electron chi connectivity index (χ1n) is 5.56. The van der Waals surface area contributed by atoms with Gasteiger partial charge in [0.1, 0.15) is 12.3 Å². The van der Waals surface area contributed by atoms with Crippen LogP contribution in [0.5, 0.6) is 5.75 Å². The van der Waals surface area contributed by atoms with E-state index in [9.17, 15) is 8.78 Å². The van der Waals surface area contributed by atoms with E-state index in [0.717, 1.165) is 22.4 Å². The number of aryl methyl sites for hydroxylation is 1. The first-order chi connectivity index (χ1) is 8.61. The van der Waals surface area contributed by atoms with Crippen molar-refractivity contribution in [2.75, 3.05) is 7.11 Å². The summed E-state index contributed by atoms with van der Waals surface area (Å²) in [5, 5.41) is 3.92. The highest BCUT2D eigenvalue weighted by Gasteiger charge is 2.11. The molecular formula is C13H14F2N2O. The summed E-state index contributed by atoms with van der Waals surface area (Å²) in [6, 6.07) is 5.72. The van der Waals surface area contributed by atoms with Crippen molar-refractivity contribution in [3.63, 3.8) is 0 Å². The van der Waals surface area contributed by atoms with Crippen molar-refractivity contribution in [1.82, 2.24) is 9.78 Å². The minimum absolute atomic E-state index is 0.395. The fraction of sp³-hybridized carbons (Fsp3) is 0.308. The van der Waals surface area contributed by atoms with Gasteiger partial charge in [0.25, 0.3) is 6.43 Å². The zero-order valence-electron chi connectivity index (χ0n) is 10.2. The quantitative estimate of drug-likeness (QED) is 0.835. The van der Waals surface area contributed by atoms with Gasteiger partial charge in [-0.1, -0.05) is 18.2 Å². The Morgan fingerprint density at radius 3 is 2.83 bits per heavy atom. The minimum atomic E-state index is -2.41. The van der Waals surface area contributed by atoms with E-state index in [1.165, 1.54) is 4.68 Å². The highest BCUT2D eigenvalue weighted by Crippen LogP contribution is 2.32. The number of halogens is 2.